The van der Waals surface area contributed by atoms with Crippen molar-refractivity contribution in [3.05, 3.63) is 28.8 Å². The monoisotopic (exact) mass is 250 g/mol. The number of hydroxylamine groups is 1. The van der Waals surface area contributed by atoms with Crippen LogP contribution in [0.15, 0.2) is 12.1 Å². The first-order chi connectivity index (χ1) is 8.49. The van der Waals surface area contributed by atoms with Crippen molar-refractivity contribution in [3.63, 3.8) is 0 Å². The first-order valence-corrected chi connectivity index (χ1v) is 6.23. The van der Waals surface area contributed by atoms with Crippen LogP contribution in [0.25, 0.3) is 0 Å². The van der Waals surface area contributed by atoms with Crippen molar-refractivity contribution >= 4 is 11.8 Å². The molecule has 0 aliphatic carbocycles. The summed E-state index contributed by atoms with van der Waals surface area (Å²) in [5.41, 5.74) is 4.58. The Kier molecular flexibility index (Phi) is 5.01. The lowest BCUT2D eigenvalue weighted by Gasteiger charge is -2.22. The lowest BCUT2D eigenvalue weighted by Crippen LogP contribution is -2.30. The molecule has 1 aromatic carbocycles. The Balaban J connectivity index is 3.08. The maximum absolute atomic E-state index is 11.3. The van der Waals surface area contributed by atoms with Crippen LogP contribution < -0.4 is 10.4 Å². The van der Waals surface area contributed by atoms with Gasteiger partial charge in [-0.25, -0.2) is 9.86 Å². The summed E-state index contributed by atoms with van der Waals surface area (Å²) in [6.07, 6.45) is 1.58. The van der Waals surface area contributed by atoms with Crippen LogP contribution in [0.2, 0.25) is 0 Å². The third-order valence-electron chi connectivity index (χ3n) is 2.86. The maximum atomic E-state index is 11.3. The number of anilines is 1. The number of nitrogens with zero attached hydrogens (tertiary/aromatic N) is 1. The molecule has 0 atom stereocenters. The molecule has 0 heterocycles. The molecular weight excluding hydrogens is 228 g/mol. The summed E-state index contributed by atoms with van der Waals surface area (Å²) in [5.74, 6) is 0. The zero-order chi connectivity index (χ0) is 13.7. The Bertz CT molecular complexity index is 430. The van der Waals surface area contributed by atoms with Gasteiger partial charge in [0.15, 0.2) is 0 Å². The van der Waals surface area contributed by atoms with Crippen LogP contribution in [0.5, 0.6) is 0 Å². The predicted molar refractivity (Wildman–Crippen MR) is 73.9 cm³/mol. The van der Waals surface area contributed by atoms with E-state index in [4.69, 9.17) is 4.84 Å². The van der Waals surface area contributed by atoms with Crippen LogP contribution in [0.4, 0.5) is 10.5 Å². The molecule has 1 aromatic rings. The highest BCUT2D eigenvalue weighted by molar-refractivity contribution is 5.69. The number of carbonyl (C=O) groups is 1. The van der Waals surface area contributed by atoms with Gasteiger partial charge >= 0.3 is 6.09 Å². The van der Waals surface area contributed by atoms with Gasteiger partial charge in [-0.1, -0.05) is 19.4 Å². The molecule has 0 saturated carbocycles. The number of hydrogen-bond acceptors (Lipinski definition) is 3. The Morgan fingerprint density at radius 3 is 2.61 bits per heavy atom. The van der Waals surface area contributed by atoms with Crippen molar-refractivity contribution in [1.82, 2.24) is 5.32 Å². The Morgan fingerprint density at radius 1 is 1.39 bits per heavy atom. The van der Waals surface area contributed by atoms with E-state index in [1.165, 1.54) is 16.2 Å². The molecule has 1 N–H and O–H groups in total. The maximum Gasteiger partial charge on any atom is 0.431 e. The van der Waals surface area contributed by atoms with E-state index in [1.807, 2.05) is 13.0 Å². The van der Waals surface area contributed by atoms with Gasteiger partial charge in [-0.3, -0.25) is 0 Å². The fourth-order valence-electron chi connectivity index (χ4n) is 2.05. The summed E-state index contributed by atoms with van der Waals surface area (Å²) in [4.78, 5) is 16.4. The molecule has 0 radical (unpaired) electrons. The highest BCUT2D eigenvalue weighted by atomic mass is 16.7. The second-order valence-corrected chi connectivity index (χ2v) is 4.46. The van der Waals surface area contributed by atoms with Gasteiger partial charge in [-0.05, 0) is 43.0 Å². The molecule has 1 amide bonds. The number of rotatable bonds is 4. The summed E-state index contributed by atoms with van der Waals surface area (Å²) < 4.78 is 0. The molecule has 18 heavy (non-hydrogen) atoms. The van der Waals surface area contributed by atoms with Crippen LogP contribution in [0, 0.1) is 13.8 Å². The lowest BCUT2D eigenvalue weighted by molar-refractivity contribution is 0.142. The Hall–Kier alpha value is -1.71. The van der Waals surface area contributed by atoms with Crippen LogP contribution in [0.1, 0.15) is 30.0 Å². The molecule has 0 spiro atoms. The summed E-state index contributed by atoms with van der Waals surface area (Å²) in [7, 11) is 3.30. The standard InChI is InChI=1S/C14H22N2O2/c1-6-7-12-11(3)8-10(2)9-13(12)16(5)18-14(17)15-4/h8-9H,6-7H2,1-5H3,(H,15,17). The third-order valence-corrected chi connectivity index (χ3v) is 2.86. The SMILES string of the molecule is CCCc1c(C)cc(C)cc1N(C)OC(=O)NC. The van der Waals surface area contributed by atoms with Crippen molar-refractivity contribution in [2.24, 2.45) is 0 Å². The van der Waals surface area contributed by atoms with Gasteiger partial charge in [0, 0.05) is 14.1 Å². The Morgan fingerprint density at radius 2 is 2.06 bits per heavy atom. The molecule has 0 fully saturated rings. The molecule has 0 bridgehead atoms. The van der Waals surface area contributed by atoms with Gasteiger partial charge in [0.2, 0.25) is 0 Å². The van der Waals surface area contributed by atoms with E-state index >= 15 is 0 Å². The number of carbonyl (C=O) groups excluding carboxylic acids is 1. The van der Waals surface area contributed by atoms with Crippen molar-refractivity contribution in [2.45, 2.75) is 33.6 Å². The van der Waals surface area contributed by atoms with Crippen molar-refractivity contribution in [3.8, 4) is 0 Å². The molecule has 0 saturated heterocycles. The van der Waals surface area contributed by atoms with Gasteiger partial charge < -0.3 is 10.2 Å². The predicted octanol–water partition coefficient (Wildman–Crippen LogP) is 2.96. The van der Waals surface area contributed by atoms with E-state index < -0.39 is 6.09 Å². The molecule has 100 valence electrons. The molecule has 0 aromatic heterocycles. The minimum Gasteiger partial charge on any atom is -0.323 e. The minimum absolute atomic E-state index is 0.459. The molecule has 4 nitrogen and oxygen atoms in total. The fourth-order valence-corrected chi connectivity index (χ4v) is 2.05. The molecule has 1 rings (SSSR count). The summed E-state index contributed by atoms with van der Waals surface area (Å²) in [6.45, 7) is 6.28. The first-order valence-electron chi connectivity index (χ1n) is 6.23. The normalized spacial score (nSPS) is 10.1. The van der Waals surface area contributed by atoms with Crippen LogP contribution in [0.3, 0.4) is 0 Å². The number of amides is 1. The number of hydrogen-bond donors (Lipinski definition) is 1. The number of aryl methyl sites for hydroxylation is 2. The van der Waals surface area contributed by atoms with Gasteiger partial charge in [0.1, 0.15) is 0 Å². The van der Waals surface area contributed by atoms with E-state index in [-0.39, 0.29) is 0 Å². The van der Waals surface area contributed by atoms with Crippen molar-refractivity contribution in [2.75, 3.05) is 19.2 Å². The summed E-state index contributed by atoms with van der Waals surface area (Å²) >= 11 is 0. The quantitative estimate of drug-likeness (QED) is 0.835. The van der Waals surface area contributed by atoms with E-state index in [0.717, 1.165) is 24.1 Å². The average molecular weight is 250 g/mol. The summed E-state index contributed by atoms with van der Waals surface area (Å²) in [6, 6.07) is 4.20. The second-order valence-electron chi connectivity index (χ2n) is 4.46. The lowest BCUT2D eigenvalue weighted by atomic mass is 9.99. The van der Waals surface area contributed by atoms with Gasteiger partial charge in [0.25, 0.3) is 0 Å². The Labute approximate surface area is 109 Å². The topological polar surface area (TPSA) is 41.6 Å². The van der Waals surface area contributed by atoms with E-state index in [9.17, 15) is 4.79 Å². The van der Waals surface area contributed by atoms with Gasteiger partial charge in [-0.2, -0.15) is 0 Å². The molecule has 0 unspecified atom stereocenters. The van der Waals surface area contributed by atoms with Gasteiger partial charge in [-0.15, -0.1) is 0 Å². The highest BCUT2D eigenvalue weighted by Crippen LogP contribution is 2.26. The molecular formula is C14H22N2O2. The average Bonchev–Trinajstić information content (AvgIpc) is 2.32. The van der Waals surface area contributed by atoms with Crippen LogP contribution in [-0.4, -0.2) is 20.2 Å². The van der Waals surface area contributed by atoms with Crippen molar-refractivity contribution < 1.29 is 9.63 Å². The highest BCUT2D eigenvalue weighted by Gasteiger charge is 2.13. The molecule has 0 aliphatic heterocycles. The van der Waals surface area contributed by atoms with E-state index in [0.29, 0.717) is 0 Å². The zero-order valence-electron chi connectivity index (χ0n) is 11.8. The largest absolute Gasteiger partial charge is 0.431 e. The van der Waals surface area contributed by atoms with E-state index in [1.54, 1.807) is 14.1 Å². The zero-order valence-corrected chi connectivity index (χ0v) is 11.8. The first kappa shape index (κ1) is 14.4. The third kappa shape index (κ3) is 3.39. The molecule has 0 aliphatic rings. The second kappa shape index (κ2) is 6.28. The van der Waals surface area contributed by atoms with Crippen LogP contribution in [-0.2, 0) is 11.3 Å². The summed E-state index contributed by atoms with van der Waals surface area (Å²) in [5, 5.41) is 3.98. The van der Waals surface area contributed by atoms with Gasteiger partial charge in [0.05, 0.1) is 5.69 Å². The van der Waals surface area contributed by atoms with Crippen molar-refractivity contribution in [1.29, 1.82) is 0 Å². The smallest absolute Gasteiger partial charge is 0.323 e. The number of nitrogens with one attached hydrogen (secondary N) is 1. The minimum atomic E-state index is -0.459. The van der Waals surface area contributed by atoms with E-state index in [2.05, 4.69) is 25.2 Å². The van der Waals surface area contributed by atoms with Crippen LogP contribution >= 0.6 is 0 Å². The molecule has 4 heteroatoms. The fraction of sp³-hybridized carbons (Fsp3) is 0.500. The number of benzene rings is 1.